The molecule has 1 saturated carbocycles. The Morgan fingerprint density at radius 1 is 1.38 bits per heavy atom. The molecule has 2 unspecified atom stereocenters. The summed E-state index contributed by atoms with van der Waals surface area (Å²) >= 11 is 0. The Morgan fingerprint density at radius 3 is 2.97 bits per heavy atom. The SMILES string of the molecule is CCOC(=O)C1=CN(C2CC2)c2c(cc(F)c3c2COCC2CNCCN32)C1O. The van der Waals surface area contributed by atoms with E-state index in [1.54, 1.807) is 13.1 Å². The van der Waals surface area contributed by atoms with Gasteiger partial charge in [-0.05, 0) is 25.8 Å². The largest absolute Gasteiger partial charge is 0.463 e. The van der Waals surface area contributed by atoms with Gasteiger partial charge in [0.25, 0.3) is 0 Å². The second-order valence-electron chi connectivity index (χ2n) is 8.04. The van der Waals surface area contributed by atoms with Crippen LogP contribution >= 0.6 is 0 Å². The van der Waals surface area contributed by atoms with Gasteiger partial charge < -0.3 is 29.7 Å². The second kappa shape index (κ2) is 7.27. The maximum Gasteiger partial charge on any atom is 0.338 e. The molecular weight excluding hydrogens is 377 g/mol. The molecule has 1 aromatic carbocycles. The minimum Gasteiger partial charge on any atom is -0.463 e. The lowest BCUT2D eigenvalue weighted by Gasteiger charge is -2.39. The van der Waals surface area contributed by atoms with Crippen molar-refractivity contribution < 1.29 is 23.8 Å². The van der Waals surface area contributed by atoms with Gasteiger partial charge >= 0.3 is 5.97 Å². The summed E-state index contributed by atoms with van der Waals surface area (Å²) in [6.07, 6.45) is 2.46. The van der Waals surface area contributed by atoms with Crippen molar-refractivity contribution in [3.63, 3.8) is 0 Å². The second-order valence-corrected chi connectivity index (χ2v) is 8.04. The van der Waals surface area contributed by atoms with Crippen LogP contribution in [0.15, 0.2) is 17.8 Å². The van der Waals surface area contributed by atoms with Crippen LogP contribution in [-0.4, -0.2) is 56.0 Å². The number of fused-ring (bicyclic) bond motifs is 5. The number of benzene rings is 1. The Morgan fingerprint density at radius 2 is 2.21 bits per heavy atom. The third-order valence-corrected chi connectivity index (χ3v) is 6.12. The topological polar surface area (TPSA) is 74.3 Å². The molecule has 7 nitrogen and oxygen atoms in total. The van der Waals surface area contributed by atoms with Gasteiger partial charge in [0, 0.05) is 43.0 Å². The molecule has 0 spiro atoms. The zero-order chi connectivity index (χ0) is 20.1. The van der Waals surface area contributed by atoms with E-state index in [4.69, 9.17) is 9.47 Å². The van der Waals surface area contributed by atoms with Gasteiger partial charge in [-0.25, -0.2) is 9.18 Å². The Hall–Kier alpha value is -2.16. The predicted molar refractivity (Wildman–Crippen MR) is 105 cm³/mol. The van der Waals surface area contributed by atoms with Gasteiger partial charge in [-0.2, -0.15) is 0 Å². The number of rotatable bonds is 3. The Kier molecular flexibility index (Phi) is 4.72. The van der Waals surface area contributed by atoms with Crippen LogP contribution in [-0.2, 0) is 20.9 Å². The van der Waals surface area contributed by atoms with E-state index in [-0.39, 0.29) is 36.7 Å². The molecule has 3 heterocycles. The van der Waals surface area contributed by atoms with Crippen molar-refractivity contribution in [3.05, 3.63) is 34.8 Å². The normalized spacial score (nSPS) is 26.1. The van der Waals surface area contributed by atoms with Gasteiger partial charge in [-0.1, -0.05) is 0 Å². The van der Waals surface area contributed by atoms with Gasteiger partial charge in [-0.3, -0.25) is 0 Å². The number of piperazine rings is 1. The van der Waals surface area contributed by atoms with Crippen molar-refractivity contribution in [3.8, 4) is 0 Å². The fraction of sp³-hybridized carbons (Fsp3) is 0.571. The summed E-state index contributed by atoms with van der Waals surface area (Å²) < 4.78 is 26.5. The summed E-state index contributed by atoms with van der Waals surface area (Å²) in [7, 11) is 0. The van der Waals surface area contributed by atoms with Crippen molar-refractivity contribution in [1.82, 2.24) is 5.32 Å². The molecule has 1 aliphatic carbocycles. The van der Waals surface area contributed by atoms with E-state index in [0.29, 0.717) is 24.4 Å². The lowest BCUT2D eigenvalue weighted by Crippen LogP contribution is -2.53. The molecule has 2 N–H and O–H groups in total. The van der Waals surface area contributed by atoms with Gasteiger partial charge in [0.2, 0.25) is 0 Å². The van der Waals surface area contributed by atoms with Crippen molar-refractivity contribution in [2.75, 3.05) is 42.6 Å². The van der Waals surface area contributed by atoms with Gasteiger partial charge in [0.05, 0.1) is 42.8 Å². The molecule has 156 valence electrons. The van der Waals surface area contributed by atoms with Crippen LogP contribution in [0.4, 0.5) is 15.8 Å². The number of hydrogen-bond acceptors (Lipinski definition) is 7. The number of anilines is 2. The highest BCUT2D eigenvalue weighted by atomic mass is 19.1. The summed E-state index contributed by atoms with van der Waals surface area (Å²) in [5.74, 6) is -0.943. The van der Waals surface area contributed by atoms with Crippen LogP contribution in [0.5, 0.6) is 0 Å². The first-order chi connectivity index (χ1) is 14.1. The minimum absolute atomic E-state index is 0.0751. The molecule has 0 amide bonds. The first-order valence-electron chi connectivity index (χ1n) is 10.4. The summed E-state index contributed by atoms with van der Waals surface area (Å²) in [6.45, 7) is 4.97. The molecule has 2 atom stereocenters. The zero-order valence-electron chi connectivity index (χ0n) is 16.5. The van der Waals surface area contributed by atoms with Crippen LogP contribution in [0.2, 0.25) is 0 Å². The number of aliphatic hydroxyl groups excluding tert-OH is 1. The standard InChI is InChI=1S/C21H26FN3O4/c1-2-29-21(27)15-9-25(12-3-4-12)18-14(20(15)26)7-17(22)19-16(18)11-28-10-13-8-23-5-6-24(13)19/h7,9,12-13,20,23,26H,2-6,8,10-11H2,1H3. The maximum absolute atomic E-state index is 15.4. The first-order valence-corrected chi connectivity index (χ1v) is 10.4. The smallest absolute Gasteiger partial charge is 0.338 e. The van der Waals surface area contributed by atoms with E-state index in [2.05, 4.69) is 10.2 Å². The highest BCUT2D eigenvalue weighted by Gasteiger charge is 2.41. The highest BCUT2D eigenvalue weighted by Crippen LogP contribution is 2.48. The Bertz CT molecular complexity index is 870. The molecule has 5 rings (SSSR count). The summed E-state index contributed by atoms with van der Waals surface area (Å²) in [4.78, 5) is 16.5. The van der Waals surface area contributed by atoms with E-state index in [1.165, 1.54) is 6.07 Å². The molecule has 0 aromatic heterocycles. The third-order valence-electron chi connectivity index (χ3n) is 6.12. The molecule has 2 fully saturated rings. The van der Waals surface area contributed by atoms with E-state index in [0.717, 1.165) is 37.2 Å². The van der Waals surface area contributed by atoms with Crippen molar-refractivity contribution in [1.29, 1.82) is 0 Å². The molecule has 0 bridgehead atoms. The molecule has 29 heavy (non-hydrogen) atoms. The maximum atomic E-state index is 15.4. The van der Waals surface area contributed by atoms with Crippen LogP contribution in [0.1, 0.15) is 37.0 Å². The van der Waals surface area contributed by atoms with E-state index in [9.17, 15) is 9.90 Å². The van der Waals surface area contributed by atoms with Crippen molar-refractivity contribution in [2.45, 2.75) is 44.6 Å². The van der Waals surface area contributed by atoms with Crippen LogP contribution in [0.25, 0.3) is 0 Å². The number of halogens is 1. The fourth-order valence-corrected chi connectivity index (χ4v) is 4.64. The lowest BCUT2D eigenvalue weighted by molar-refractivity contribution is -0.139. The summed E-state index contributed by atoms with van der Waals surface area (Å²) in [6, 6.07) is 1.71. The Balaban J connectivity index is 1.66. The fourth-order valence-electron chi connectivity index (χ4n) is 4.64. The number of esters is 1. The number of ether oxygens (including phenoxy) is 2. The highest BCUT2D eigenvalue weighted by molar-refractivity contribution is 5.93. The molecular formula is C21H26FN3O4. The number of nitrogens with zero attached hydrogens (tertiary/aromatic N) is 2. The van der Waals surface area contributed by atoms with E-state index in [1.807, 2.05) is 4.90 Å². The molecule has 3 aliphatic heterocycles. The molecule has 4 aliphatic rings. The molecule has 1 aromatic rings. The van der Waals surface area contributed by atoms with Crippen molar-refractivity contribution >= 4 is 17.3 Å². The average Bonchev–Trinajstić information content (AvgIpc) is 3.55. The lowest BCUT2D eigenvalue weighted by atomic mass is 9.91. The van der Waals surface area contributed by atoms with Crippen LogP contribution in [0.3, 0.4) is 0 Å². The quantitative estimate of drug-likeness (QED) is 0.743. The van der Waals surface area contributed by atoms with Gasteiger partial charge in [0.15, 0.2) is 0 Å². The third kappa shape index (κ3) is 3.10. The molecule has 8 heteroatoms. The average molecular weight is 403 g/mol. The minimum atomic E-state index is -1.22. The van der Waals surface area contributed by atoms with E-state index < -0.39 is 12.1 Å². The monoisotopic (exact) mass is 403 g/mol. The van der Waals surface area contributed by atoms with E-state index >= 15 is 4.39 Å². The number of nitrogens with one attached hydrogen (secondary N) is 1. The molecule has 1 saturated heterocycles. The predicted octanol–water partition coefficient (Wildman–Crippen LogP) is 1.60. The number of hydrogen-bond donors (Lipinski definition) is 2. The number of carbonyl (C=O) groups is 1. The zero-order valence-corrected chi connectivity index (χ0v) is 16.5. The van der Waals surface area contributed by atoms with Crippen LogP contribution in [0, 0.1) is 5.82 Å². The molecule has 0 radical (unpaired) electrons. The number of aliphatic hydroxyl groups is 1. The van der Waals surface area contributed by atoms with Crippen LogP contribution < -0.4 is 15.1 Å². The van der Waals surface area contributed by atoms with Crippen molar-refractivity contribution in [2.24, 2.45) is 0 Å². The van der Waals surface area contributed by atoms with Gasteiger partial charge in [-0.15, -0.1) is 0 Å². The summed E-state index contributed by atoms with van der Waals surface area (Å²) in [5, 5.41) is 14.3. The first kappa shape index (κ1) is 18.8. The van der Waals surface area contributed by atoms with Gasteiger partial charge in [0.1, 0.15) is 11.9 Å². The Labute approximate surface area is 169 Å². The number of carbonyl (C=O) groups excluding carboxylic acids is 1. The summed E-state index contributed by atoms with van der Waals surface area (Å²) in [5.41, 5.74) is 2.67.